The number of nitrogens with zero attached hydrogens (tertiary/aromatic N) is 4. The van der Waals surface area contributed by atoms with Gasteiger partial charge >= 0.3 is 0 Å². The number of ether oxygens (including phenoxy) is 1. The van der Waals surface area contributed by atoms with Gasteiger partial charge in [-0.15, -0.1) is 0 Å². The van der Waals surface area contributed by atoms with Crippen molar-refractivity contribution in [3.8, 4) is 5.75 Å². The molecule has 0 amide bonds. The first kappa shape index (κ1) is 18.4. The van der Waals surface area contributed by atoms with Crippen molar-refractivity contribution in [1.82, 2.24) is 19.8 Å². The molecule has 1 atom stereocenters. The van der Waals surface area contributed by atoms with Crippen LogP contribution >= 0.6 is 0 Å². The predicted octanol–water partition coefficient (Wildman–Crippen LogP) is 3.51. The fourth-order valence-electron chi connectivity index (χ4n) is 4.45. The molecular formula is C22H30N4O. The maximum absolute atomic E-state index is 5.68. The van der Waals surface area contributed by atoms with Gasteiger partial charge < -0.3 is 9.64 Å². The van der Waals surface area contributed by atoms with Crippen LogP contribution in [0, 0.1) is 6.92 Å². The van der Waals surface area contributed by atoms with Gasteiger partial charge in [0, 0.05) is 49.1 Å². The Morgan fingerprint density at radius 3 is 2.96 bits per heavy atom. The number of benzene rings is 1. The van der Waals surface area contributed by atoms with Crippen LogP contribution in [0.15, 0.2) is 24.4 Å². The molecule has 0 spiro atoms. The van der Waals surface area contributed by atoms with E-state index in [9.17, 15) is 0 Å². The first-order valence-corrected chi connectivity index (χ1v) is 10.1. The molecule has 2 aliphatic heterocycles. The minimum atomic E-state index is 0.300. The van der Waals surface area contributed by atoms with Crippen molar-refractivity contribution in [1.29, 1.82) is 0 Å². The van der Waals surface area contributed by atoms with E-state index in [0.717, 1.165) is 50.6 Å². The van der Waals surface area contributed by atoms with Crippen molar-refractivity contribution in [2.45, 2.75) is 51.7 Å². The molecule has 144 valence electrons. The van der Waals surface area contributed by atoms with Gasteiger partial charge in [-0.1, -0.05) is 24.6 Å². The average molecular weight is 367 g/mol. The summed E-state index contributed by atoms with van der Waals surface area (Å²) in [6.07, 6.45) is 6.70. The Kier molecular flexibility index (Phi) is 5.41. The van der Waals surface area contributed by atoms with E-state index in [4.69, 9.17) is 14.7 Å². The number of aromatic nitrogens is 2. The van der Waals surface area contributed by atoms with Crippen LogP contribution in [0.25, 0.3) is 0 Å². The summed E-state index contributed by atoms with van der Waals surface area (Å²) in [7, 11) is 3.93. The Hall–Kier alpha value is -1.98. The Bertz CT molecular complexity index is 807. The quantitative estimate of drug-likeness (QED) is 0.828. The van der Waals surface area contributed by atoms with Crippen molar-refractivity contribution in [3.63, 3.8) is 0 Å². The van der Waals surface area contributed by atoms with Crippen LogP contribution in [0.4, 0.5) is 0 Å². The molecule has 3 heterocycles. The number of likely N-dealkylation sites (tertiary alicyclic amines) is 1. The van der Waals surface area contributed by atoms with Crippen LogP contribution in [0.5, 0.6) is 5.75 Å². The zero-order chi connectivity index (χ0) is 18.8. The molecule has 1 fully saturated rings. The van der Waals surface area contributed by atoms with Gasteiger partial charge in [0.1, 0.15) is 11.6 Å². The minimum absolute atomic E-state index is 0.300. The summed E-state index contributed by atoms with van der Waals surface area (Å²) >= 11 is 0. The third-order valence-corrected chi connectivity index (χ3v) is 5.93. The van der Waals surface area contributed by atoms with Gasteiger partial charge in [0.2, 0.25) is 0 Å². The zero-order valence-corrected chi connectivity index (χ0v) is 16.7. The van der Waals surface area contributed by atoms with Gasteiger partial charge in [0.25, 0.3) is 0 Å². The standard InChI is InChI=1S/C22H30N4O/c1-16-7-6-8-17(21(16)27-3)15-26-11-5-4-9-20(26)22-23-13-18-14-25(2)12-10-19(18)24-22/h6-8,13,20H,4-5,9-12,14-15H2,1-3H3. The number of para-hydroxylation sites is 1. The molecule has 2 aromatic rings. The van der Waals surface area contributed by atoms with Crippen LogP contribution < -0.4 is 4.74 Å². The number of likely N-dealkylation sites (N-methyl/N-ethyl adjacent to an activating group) is 1. The summed E-state index contributed by atoms with van der Waals surface area (Å²) in [5.41, 5.74) is 4.98. The Morgan fingerprint density at radius 2 is 2.11 bits per heavy atom. The highest BCUT2D eigenvalue weighted by Crippen LogP contribution is 2.33. The highest BCUT2D eigenvalue weighted by molar-refractivity contribution is 5.40. The Morgan fingerprint density at radius 1 is 1.22 bits per heavy atom. The number of methoxy groups -OCH3 is 1. The number of hydrogen-bond acceptors (Lipinski definition) is 5. The fourth-order valence-corrected chi connectivity index (χ4v) is 4.45. The second-order valence-electron chi connectivity index (χ2n) is 7.94. The summed E-state index contributed by atoms with van der Waals surface area (Å²) in [6.45, 7) is 6.13. The first-order valence-electron chi connectivity index (χ1n) is 10.1. The predicted molar refractivity (Wildman–Crippen MR) is 107 cm³/mol. The lowest BCUT2D eigenvalue weighted by Crippen LogP contribution is -2.35. The fraction of sp³-hybridized carbons (Fsp3) is 0.545. The molecule has 0 N–H and O–H groups in total. The minimum Gasteiger partial charge on any atom is -0.496 e. The highest BCUT2D eigenvalue weighted by atomic mass is 16.5. The molecule has 0 bridgehead atoms. The number of fused-ring (bicyclic) bond motifs is 1. The van der Waals surface area contributed by atoms with Gasteiger partial charge in [0.05, 0.1) is 13.2 Å². The number of piperidine rings is 1. The Labute approximate surface area is 162 Å². The van der Waals surface area contributed by atoms with E-state index in [0.29, 0.717) is 6.04 Å². The van der Waals surface area contributed by atoms with E-state index in [1.54, 1.807) is 7.11 Å². The highest BCUT2D eigenvalue weighted by Gasteiger charge is 2.28. The maximum atomic E-state index is 5.68. The molecular weight excluding hydrogens is 336 g/mol. The van der Waals surface area contributed by atoms with Crippen molar-refractivity contribution in [3.05, 3.63) is 52.6 Å². The van der Waals surface area contributed by atoms with E-state index < -0.39 is 0 Å². The van der Waals surface area contributed by atoms with Crippen LogP contribution in [-0.4, -0.2) is 47.0 Å². The molecule has 0 saturated carbocycles. The van der Waals surface area contributed by atoms with Gasteiger partial charge in [-0.05, 0) is 38.9 Å². The molecule has 0 aliphatic carbocycles. The summed E-state index contributed by atoms with van der Waals surface area (Å²) in [5, 5.41) is 0. The smallest absolute Gasteiger partial charge is 0.145 e. The van der Waals surface area contributed by atoms with E-state index in [1.807, 2.05) is 0 Å². The largest absolute Gasteiger partial charge is 0.496 e. The summed E-state index contributed by atoms with van der Waals surface area (Å²) in [4.78, 5) is 14.7. The second kappa shape index (κ2) is 7.95. The third-order valence-electron chi connectivity index (χ3n) is 5.93. The Balaban J connectivity index is 1.59. The average Bonchev–Trinajstić information content (AvgIpc) is 2.68. The summed E-state index contributed by atoms with van der Waals surface area (Å²) in [6, 6.07) is 6.72. The van der Waals surface area contributed by atoms with Crippen molar-refractivity contribution in [2.24, 2.45) is 0 Å². The molecule has 1 unspecified atom stereocenters. The normalized spacial score (nSPS) is 21.1. The van der Waals surface area contributed by atoms with Crippen molar-refractivity contribution in [2.75, 3.05) is 27.2 Å². The van der Waals surface area contributed by atoms with Crippen LogP contribution in [0.2, 0.25) is 0 Å². The zero-order valence-electron chi connectivity index (χ0n) is 16.7. The molecule has 5 nitrogen and oxygen atoms in total. The number of rotatable bonds is 4. The summed E-state index contributed by atoms with van der Waals surface area (Å²) < 4.78 is 5.68. The van der Waals surface area contributed by atoms with Crippen LogP contribution in [0.1, 0.15) is 53.5 Å². The van der Waals surface area contributed by atoms with E-state index in [1.165, 1.54) is 35.2 Å². The molecule has 5 heteroatoms. The number of aryl methyl sites for hydroxylation is 1. The van der Waals surface area contributed by atoms with E-state index in [2.05, 4.69) is 48.2 Å². The monoisotopic (exact) mass is 366 g/mol. The van der Waals surface area contributed by atoms with Crippen LogP contribution in [-0.2, 0) is 19.5 Å². The molecule has 1 aromatic carbocycles. The molecule has 2 aliphatic rings. The van der Waals surface area contributed by atoms with Crippen molar-refractivity contribution < 1.29 is 4.74 Å². The van der Waals surface area contributed by atoms with E-state index in [-0.39, 0.29) is 0 Å². The van der Waals surface area contributed by atoms with Gasteiger partial charge in [-0.3, -0.25) is 4.90 Å². The first-order chi connectivity index (χ1) is 13.2. The molecule has 0 radical (unpaired) electrons. The molecule has 27 heavy (non-hydrogen) atoms. The van der Waals surface area contributed by atoms with E-state index >= 15 is 0 Å². The topological polar surface area (TPSA) is 41.5 Å². The second-order valence-corrected chi connectivity index (χ2v) is 7.94. The van der Waals surface area contributed by atoms with Crippen LogP contribution in [0.3, 0.4) is 0 Å². The van der Waals surface area contributed by atoms with Gasteiger partial charge in [-0.2, -0.15) is 0 Å². The maximum Gasteiger partial charge on any atom is 0.145 e. The van der Waals surface area contributed by atoms with Gasteiger partial charge in [-0.25, -0.2) is 9.97 Å². The molecule has 1 aromatic heterocycles. The lowest BCUT2D eigenvalue weighted by atomic mass is 9.99. The molecule has 1 saturated heterocycles. The van der Waals surface area contributed by atoms with Crippen molar-refractivity contribution >= 4 is 0 Å². The molecule has 4 rings (SSSR count). The summed E-state index contributed by atoms with van der Waals surface area (Å²) in [5.74, 6) is 2.01. The SMILES string of the molecule is COc1c(C)cccc1CN1CCCCC1c1ncc2c(n1)CCN(C)C2. The van der Waals surface area contributed by atoms with Gasteiger partial charge in [0.15, 0.2) is 0 Å². The lowest BCUT2D eigenvalue weighted by Gasteiger charge is -2.35. The lowest BCUT2D eigenvalue weighted by molar-refractivity contribution is 0.132. The third kappa shape index (κ3) is 3.85. The number of hydrogen-bond donors (Lipinski definition) is 0.